The second kappa shape index (κ2) is 7.99. The molecule has 19 heavy (non-hydrogen) atoms. The summed E-state index contributed by atoms with van der Waals surface area (Å²) in [5, 5.41) is 11.5. The topological polar surface area (TPSA) is 78.9 Å². The lowest BCUT2D eigenvalue weighted by Crippen LogP contribution is -2.39. The Morgan fingerprint density at radius 3 is 2.79 bits per heavy atom. The van der Waals surface area contributed by atoms with Gasteiger partial charge in [-0.25, -0.2) is 4.79 Å². The molecule has 2 amide bonds. The van der Waals surface area contributed by atoms with Crippen molar-refractivity contribution in [2.75, 3.05) is 26.7 Å². The smallest absolute Gasteiger partial charge is 0.317 e. The van der Waals surface area contributed by atoms with E-state index in [-0.39, 0.29) is 18.6 Å². The molecular weight excluding hydrogens is 248 g/mol. The standard InChI is InChI=1S/C13H24N2O4/c1-10(3-4-12(16)17)5-7-14-13(18)15-8-6-11(9-15)19-2/h10-11H,3-9H2,1-2H3,(H,14,18)(H,16,17). The molecule has 0 spiro atoms. The van der Waals surface area contributed by atoms with Gasteiger partial charge in [0.05, 0.1) is 6.10 Å². The molecule has 1 fully saturated rings. The lowest BCUT2D eigenvalue weighted by atomic mass is 10.0. The summed E-state index contributed by atoms with van der Waals surface area (Å²) in [7, 11) is 1.66. The maximum Gasteiger partial charge on any atom is 0.317 e. The number of carbonyl (C=O) groups is 2. The maximum atomic E-state index is 11.8. The summed E-state index contributed by atoms with van der Waals surface area (Å²) in [6.07, 6.45) is 2.69. The normalized spacial score (nSPS) is 20.3. The summed E-state index contributed by atoms with van der Waals surface area (Å²) in [5.74, 6) is -0.458. The fourth-order valence-electron chi connectivity index (χ4n) is 2.16. The average molecular weight is 272 g/mol. The first-order valence-corrected chi connectivity index (χ1v) is 6.80. The Morgan fingerprint density at radius 2 is 2.21 bits per heavy atom. The van der Waals surface area contributed by atoms with Crippen LogP contribution >= 0.6 is 0 Å². The number of ether oxygens (including phenoxy) is 1. The predicted molar refractivity (Wildman–Crippen MR) is 71.0 cm³/mol. The number of urea groups is 1. The summed E-state index contributed by atoms with van der Waals surface area (Å²) in [4.78, 5) is 24.0. The van der Waals surface area contributed by atoms with E-state index in [0.29, 0.717) is 25.4 Å². The number of amides is 2. The molecule has 0 aromatic rings. The Hall–Kier alpha value is -1.30. The van der Waals surface area contributed by atoms with E-state index >= 15 is 0 Å². The Morgan fingerprint density at radius 1 is 1.47 bits per heavy atom. The average Bonchev–Trinajstić information content (AvgIpc) is 2.85. The number of hydrogen-bond donors (Lipinski definition) is 2. The van der Waals surface area contributed by atoms with Gasteiger partial charge in [-0.1, -0.05) is 6.92 Å². The second-order valence-corrected chi connectivity index (χ2v) is 5.15. The molecule has 1 saturated heterocycles. The highest BCUT2D eigenvalue weighted by molar-refractivity contribution is 5.74. The fourth-order valence-corrected chi connectivity index (χ4v) is 2.16. The maximum absolute atomic E-state index is 11.8. The van der Waals surface area contributed by atoms with Gasteiger partial charge in [-0.3, -0.25) is 4.79 Å². The van der Waals surface area contributed by atoms with Gasteiger partial charge in [0, 0.05) is 33.2 Å². The molecule has 6 heteroatoms. The largest absolute Gasteiger partial charge is 0.481 e. The summed E-state index contributed by atoms with van der Waals surface area (Å²) < 4.78 is 5.21. The number of carbonyl (C=O) groups excluding carboxylic acids is 1. The minimum Gasteiger partial charge on any atom is -0.481 e. The van der Waals surface area contributed by atoms with Crippen molar-refractivity contribution in [1.82, 2.24) is 10.2 Å². The van der Waals surface area contributed by atoms with Gasteiger partial charge < -0.3 is 20.1 Å². The van der Waals surface area contributed by atoms with Crippen molar-refractivity contribution < 1.29 is 19.4 Å². The highest BCUT2D eigenvalue weighted by Gasteiger charge is 2.25. The molecule has 2 unspecified atom stereocenters. The molecule has 0 aromatic heterocycles. The zero-order valence-electron chi connectivity index (χ0n) is 11.7. The molecule has 1 aliphatic heterocycles. The minimum atomic E-state index is -0.765. The SMILES string of the molecule is COC1CCN(C(=O)NCCC(C)CCC(=O)O)C1. The number of nitrogens with zero attached hydrogens (tertiary/aromatic N) is 1. The van der Waals surface area contributed by atoms with Crippen LogP contribution in [0.2, 0.25) is 0 Å². The molecular formula is C13H24N2O4. The van der Waals surface area contributed by atoms with E-state index in [0.717, 1.165) is 19.4 Å². The number of carboxylic acids is 1. The van der Waals surface area contributed by atoms with E-state index in [2.05, 4.69) is 5.32 Å². The number of hydrogen-bond acceptors (Lipinski definition) is 3. The molecule has 1 aliphatic rings. The van der Waals surface area contributed by atoms with Crippen LogP contribution in [0.15, 0.2) is 0 Å². The number of carboxylic acid groups (broad SMARTS) is 1. The first kappa shape index (κ1) is 15.8. The number of rotatable bonds is 7. The second-order valence-electron chi connectivity index (χ2n) is 5.15. The third kappa shape index (κ3) is 5.92. The quantitative estimate of drug-likeness (QED) is 0.732. The molecule has 0 radical (unpaired) electrons. The lowest BCUT2D eigenvalue weighted by Gasteiger charge is -2.18. The van der Waals surface area contributed by atoms with Crippen molar-refractivity contribution in [2.45, 2.75) is 38.7 Å². The van der Waals surface area contributed by atoms with E-state index in [4.69, 9.17) is 9.84 Å². The number of likely N-dealkylation sites (tertiary alicyclic amines) is 1. The van der Waals surface area contributed by atoms with Gasteiger partial charge in [0.1, 0.15) is 0 Å². The molecule has 110 valence electrons. The molecule has 0 aliphatic carbocycles. The first-order chi connectivity index (χ1) is 9.02. The number of aliphatic carboxylic acids is 1. The molecule has 2 atom stereocenters. The highest BCUT2D eigenvalue weighted by atomic mass is 16.5. The van der Waals surface area contributed by atoms with E-state index in [1.165, 1.54) is 0 Å². The van der Waals surface area contributed by atoms with Crippen LogP contribution in [-0.4, -0.2) is 54.9 Å². The van der Waals surface area contributed by atoms with Gasteiger partial charge in [-0.15, -0.1) is 0 Å². The Labute approximate surface area is 114 Å². The molecule has 1 rings (SSSR count). The van der Waals surface area contributed by atoms with Crippen molar-refractivity contribution in [3.8, 4) is 0 Å². The summed E-state index contributed by atoms with van der Waals surface area (Å²) in [5.41, 5.74) is 0. The van der Waals surface area contributed by atoms with E-state index in [1.807, 2.05) is 6.92 Å². The Bertz CT molecular complexity index is 309. The van der Waals surface area contributed by atoms with Gasteiger partial charge >= 0.3 is 12.0 Å². The Balaban J connectivity index is 2.12. The molecule has 2 N–H and O–H groups in total. The van der Waals surface area contributed by atoms with Gasteiger partial charge in [0.25, 0.3) is 0 Å². The zero-order valence-corrected chi connectivity index (χ0v) is 11.7. The van der Waals surface area contributed by atoms with Gasteiger partial charge in [-0.05, 0) is 25.2 Å². The van der Waals surface area contributed by atoms with Crippen LogP contribution < -0.4 is 5.32 Å². The van der Waals surface area contributed by atoms with E-state index in [1.54, 1.807) is 12.0 Å². The van der Waals surface area contributed by atoms with E-state index in [9.17, 15) is 9.59 Å². The number of methoxy groups -OCH3 is 1. The summed E-state index contributed by atoms with van der Waals surface area (Å²) in [6, 6.07) is -0.0509. The van der Waals surface area contributed by atoms with Crippen LogP contribution in [0.1, 0.15) is 32.6 Å². The number of nitrogens with one attached hydrogen (secondary N) is 1. The monoisotopic (exact) mass is 272 g/mol. The van der Waals surface area contributed by atoms with Gasteiger partial charge in [-0.2, -0.15) is 0 Å². The molecule has 0 aromatic carbocycles. The minimum absolute atomic E-state index is 0.0509. The van der Waals surface area contributed by atoms with Crippen LogP contribution in [0.4, 0.5) is 4.79 Å². The van der Waals surface area contributed by atoms with Crippen molar-refractivity contribution in [3.05, 3.63) is 0 Å². The van der Waals surface area contributed by atoms with Crippen LogP contribution in [0.5, 0.6) is 0 Å². The Kier molecular flexibility index (Phi) is 6.62. The third-order valence-corrected chi connectivity index (χ3v) is 3.53. The molecule has 0 bridgehead atoms. The molecule has 0 saturated carbocycles. The summed E-state index contributed by atoms with van der Waals surface area (Å²) in [6.45, 7) is 3.98. The highest BCUT2D eigenvalue weighted by Crippen LogP contribution is 2.12. The fraction of sp³-hybridized carbons (Fsp3) is 0.846. The van der Waals surface area contributed by atoms with Gasteiger partial charge in [0.2, 0.25) is 0 Å². The van der Waals surface area contributed by atoms with Crippen molar-refractivity contribution >= 4 is 12.0 Å². The van der Waals surface area contributed by atoms with Crippen molar-refractivity contribution in [3.63, 3.8) is 0 Å². The summed E-state index contributed by atoms with van der Waals surface area (Å²) >= 11 is 0. The molecule has 6 nitrogen and oxygen atoms in total. The van der Waals surface area contributed by atoms with E-state index < -0.39 is 5.97 Å². The first-order valence-electron chi connectivity index (χ1n) is 6.80. The van der Waals surface area contributed by atoms with Crippen molar-refractivity contribution in [2.24, 2.45) is 5.92 Å². The van der Waals surface area contributed by atoms with Gasteiger partial charge in [0.15, 0.2) is 0 Å². The lowest BCUT2D eigenvalue weighted by molar-refractivity contribution is -0.137. The predicted octanol–water partition coefficient (Wildman–Crippen LogP) is 1.31. The van der Waals surface area contributed by atoms with Crippen LogP contribution in [0, 0.1) is 5.92 Å². The van der Waals surface area contributed by atoms with Crippen LogP contribution in [0.25, 0.3) is 0 Å². The zero-order chi connectivity index (χ0) is 14.3. The van der Waals surface area contributed by atoms with Crippen LogP contribution in [0.3, 0.4) is 0 Å². The third-order valence-electron chi connectivity index (χ3n) is 3.53. The van der Waals surface area contributed by atoms with Crippen molar-refractivity contribution in [1.29, 1.82) is 0 Å². The van der Waals surface area contributed by atoms with Crippen LogP contribution in [-0.2, 0) is 9.53 Å². The molecule has 1 heterocycles.